The number of benzene rings is 1. The van der Waals surface area contributed by atoms with Crippen molar-refractivity contribution in [3.63, 3.8) is 0 Å². The van der Waals surface area contributed by atoms with Crippen molar-refractivity contribution >= 4 is 18.3 Å². The molecule has 4 heteroatoms. The zero-order valence-corrected chi connectivity index (χ0v) is 14.2. The lowest BCUT2D eigenvalue weighted by Gasteiger charge is -2.37. The van der Waals surface area contributed by atoms with Gasteiger partial charge >= 0.3 is 0 Å². The van der Waals surface area contributed by atoms with Gasteiger partial charge in [0.05, 0.1) is 5.41 Å². The molecule has 1 saturated heterocycles. The molecule has 1 aliphatic heterocycles. The van der Waals surface area contributed by atoms with E-state index in [2.05, 4.69) is 41.8 Å². The molecule has 2 atom stereocenters. The minimum Gasteiger partial charge on any atom is -0.355 e. The third-order valence-corrected chi connectivity index (χ3v) is 5.31. The van der Waals surface area contributed by atoms with Gasteiger partial charge in [0.25, 0.3) is 0 Å². The van der Waals surface area contributed by atoms with Crippen molar-refractivity contribution in [3.8, 4) is 0 Å². The van der Waals surface area contributed by atoms with Gasteiger partial charge in [0, 0.05) is 13.1 Å². The van der Waals surface area contributed by atoms with Gasteiger partial charge in [-0.05, 0) is 44.2 Å². The van der Waals surface area contributed by atoms with E-state index in [4.69, 9.17) is 0 Å². The van der Waals surface area contributed by atoms with E-state index in [9.17, 15) is 4.79 Å². The van der Waals surface area contributed by atoms with Crippen molar-refractivity contribution in [1.82, 2.24) is 10.6 Å². The highest BCUT2D eigenvalue weighted by Gasteiger charge is 2.49. The summed E-state index contributed by atoms with van der Waals surface area (Å²) in [6, 6.07) is 8.57. The molecule has 0 unspecified atom stereocenters. The van der Waals surface area contributed by atoms with Gasteiger partial charge in [-0.15, -0.1) is 12.4 Å². The Morgan fingerprint density at radius 2 is 2.09 bits per heavy atom. The van der Waals surface area contributed by atoms with Crippen LogP contribution in [0.5, 0.6) is 0 Å². The fraction of sp³-hybridized carbons (Fsp3) is 0.611. The Morgan fingerprint density at radius 3 is 2.86 bits per heavy atom. The van der Waals surface area contributed by atoms with Gasteiger partial charge in [0.1, 0.15) is 0 Å². The van der Waals surface area contributed by atoms with E-state index in [0.717, 1.165) is 32.5 Å². The van der Waals surface area contributed by atoms with Crippen LogP contribution in [0.4, 0.5) is 0 Å². The van der Waals surface area contributed by atoms with Crippen LogP contribution in [0, 0.1) is 18.3 Å². The summed E-state index contributed by atoms with van der Waals surface area (Å²) in [5.41, 5.74) is 2.46. The molecule has 122 valence electrons. The largest absolute Gasteiger partial charge is 0.355 e. The molecular weight excluding hydrogens is 296 g/mol. The van der Waals surface area contributed by atoms with Gasteiger partial charge in [-0.25, -0.2) is 0 Å². The molecule has 0 aromatic heterocycles. The number of carbonyl (C=O) groups is 1. The molecule has 2 N–H and O–H groups in total. The third kappa shape index (κ3) is 3.47. The molecule has 1 aliphatic carbocycles. The molecule has 0 radical (unpaired) electrons. The highest BCUT2D eigenvalue weighted by molar-refractivity contribution is 5.85. The molecule has 0 spiro atoms. The Balaban J connectivity index is 0.00000176. The van der Waals surface area contributed by atoms with E-state index in [1.807, 2.05) is 0 Å². The summed E-state index contributed by atoms with van der Waals surface area (Å²) >= 11 is 0. The highest BCUT2D eigenvalue weighted by atomic mass is 35.5. The van der Waals surface area contributed by atoms with Crippen LogP contribution < -0.4 is 10.6 Å². The van der Waals surface area contributed by atoms with Gasteiger partial charge in [0.15, 0.2) is 0 Å². The number of halogens is 1. The van der Waals surface area contributed by atoms with Gasteiger partial charge < -0.3 is 10.6 Å². The Hall–Kier alpha value is -1.06. The van der Waals surface area contributed by atoms with Crippen LogP contribution in [-0.2, 0) is 11.2 Å². The number of fused-ring (bicyclic) bond motifs is 1. The monoisotopic (exact) mass is 322 g/mol. The van der Waals surface area contributed by atoms with Gasteiger partial charge in [-0.3, -0.25) is 4.79 Å². The molecule has 22 heavy (non-hydrogen) atoms. The molecule has 1 saturated carbocycles. The Morgan fingerprint density at radius 1 is 1.32 bits per heavy atom. The first-order chi connectivity index (χ1) is 10.2. The molecule has 0 bridgehead atoms. The molecule has 3 nitrogen and oxygen atoms in total. The van der Waals surface area contributed by atoms with Gasteiger partial charge in [-0.2, -0.15) is 0 Å². The minimum absolute atomic E-state index is 0. The Kier molecular flexibility index (Phi) is 5.87. The molecule has 1 amide bonds. The fourth-order valence-electron chi connectivity index (χ4n) is 3.94. The molecular formula is C18H27ClN2O. The quantitative estimate of drug-likeness (QED) is 0.895. The summed E-state index contributed by atoms with van der Waals surface area (Å²) < 4.78 is 0. The molecule has 1 heterocycles. The maximum absolute atomic E-state index is 12.7. The summed E-state index contributed by atoms with van der Waals surface area (Å²) in [5.74, 6) is 0.829. The Bertz CT molecular complexity index is 502. The van der Waals surface area contributed by atoms with Crippen LogP contribution >= 0.6 is 12.4 Å². The van der Waals surface area contributed by atoms with Crippen molar-refractivity contribution in [1.29, 1.82) is 0 Å². The summed E-state index contributed by atoms with van der Waals surface area (Å²) in [6.45, 7) is 4.73. The van der Waals surface area contributed by atoms with Crippen LogP contribution in [0.3, 0.4) is 0 Å². The molecule has 1 aromatic rings. The summed E-state index contributed by atoms with van der Waals surface area (Å²) in [7, 11) is 0. The average molecular weight is 323 g/mol. The first-order valence-electron chi connectivity index (χ1n) is 8.25. The van der Waals surface area contributed by atoms with E-state index >= 15 is 0 Å². The summed E-state index contributed by atoms with van der Waals surface area (Å²) in [4.78, 5) is 12.7. The second-order valence-corrected chi connectivity index (χ2v) is 6.72. The number of rotatable bonds is 4. The van der Waals surface area contributed by atoms with E-state index < -0.39 is 0 Å². The highest BCUT2D eigenvalue weighted by Crippen LogP contribution is 2.43. The Labute approximate surface area is 139 Å². The number of amides is 1. The van der Waals surface area contributed by atoms with Crippen LogP contribution in [-0.4, -0.2) is 25.5 Å². The van der Waals surface area contributed by atoms with Gasteiger partial charge in [-0.1, -0.05) is 42.7 Å². The molecule has 1 aromatic carbocycles. The van der Waals surface area contributed by atoms with Crippen LogP contribution in [0.2, 0.25) is 0 Å². The van der Waals surface area contributed by atoms with Crippen LogP contribution in [0.1, 0.15) is 36.8 Å². The predicted molar refractivity (Wildman–Crippen MR) is 92.4 cm³/mol. The lowest BCUT2D eigenvalue weighted by Crippen LogP contribution is -2.48. The maximum atomic E-state index is 12.7. The average Bonchev–Trinajstić information content (AvgIpc) is 2.94. The third-order valence-electron chi connectivity index (χ3n) is 5.31. The predicted octanol–water partition coefficient (Wildman–Crippen LogP) is 2.86. The topological polar surface area (TPSA) is 41.1 Å². The number of nitrogens with one attached hydrogen (secondary N) is 2. The number of aryl methyl sites for hydroxylation is 1. The van der Waals surface area contributed by atoms with Crippen molar-refractivity contribution in [3.05, 3.63) is 35.4 Å². The van der Waals surface area contributed by atoms with Crippen LogP contribution in [0.25, 0.3) is 0 Å². The van der Waals surface area contributed by atoms with Crippen molar-refractivity contribution < 1.29 is 4.79 Å². The zero-order valence-electron chi connectivity index (χ0n) is 13.4. The van der Waals surface area contributed by atoms with E-state index in [-0.39, 0.29) is 23.7 Å². The number of hydrogen-bond donors (Lipinski definition) is 2. The smallest absolute Gasteiger partial charge is 0.227 e. The second kappa shape index (κ2) is 7.47. The van der Waals surface area contributed by atoms with Crippen LogP contribution in [0.15, 0.2) is 24.3 Å². The van der Waals surface area contributed by atoms with E-state index in [0.29, 0.717) is 5.92 Å². The minimum atomic E-state index is -0.120. The summed E-state index contributed by atoms with van der Waals surface area (Å²) in [6.07, 6.45) is 5.66. The fourth-order valence-corrected chi connectivity index (χ4v) is 3.94. The van der Waals surface area contributed by atoms with Crippen molar-refractivity contribution in [2.24, 2.45) is 11.3 Å². The van der Waals surface area contributed by atoms with E-state index in [1.165, 1.54) is 30.4 Å². The molecule has 3 rings (SSSR count). The van der Waals surface area contributed by atoms with E-state index in [1.54, 1.807) is 0 Å². The lowest BCUT2D eigenvalue weighted by atomic mass is 9.67. The molecule has 2 fully saturated rings. The normalized spacial score (nSPS) is 26.9. The van der Waals surface area contributed by atoms with Crippen molar-refractivity contribution in [2.75, 3.05) is 19.6 Å². The second-order valence-electron chi connectivity index (χ2n) is 6.72. The summed E-state index contributed by atoms with van der Waals surface area (Å²) in [5, 5.41) is 6.64. The number of carbonyl (C=O) groups excluding carboxylic acids is 1. The molecule has 2 aliphatic rings. The zero-order chi connectivity index (χ0) is 14.7. The standard InChI is InChI=1S/C18H26N2O.ClH/c1-14-5-7-15(8-6-14)9-11-20-17(21)18-10-3-2-4-16(18)12-19-13-18;/h5-8,16,19H,2-4,9-13H2,1H3,(H,20,21);1H/t16-,18+;/m0./s1. The van der Waals surface area contributed by atoms with Crippen molar-refractivity contribution in [2.45, 2.75) is 39.0 Å². The van der Waals surface area contributed by atoms with Gasteiger partial charge in [0.2, 0.25) is 5.91 Å². The first kappa shape index (κ1) is 17.3. The lowest BCUT2D eigenvalue weighted by molar-refractivity contribution is -0.133. The number of hydrogen-bond acceptors (Lipinski definition) is 2. The SMILES string of the molecule is Cc1ccc(CCNC(=O)[C@@]23CCCC[C@H]2CNC3)cc1.Cl. The first-order valence-corrected chi connectivity index (χ1v) is 8.25. The maximum Gasteiger partial charge on any atom is 0.227 e.